The minimum Gasteiger partial charge on any atom is -0.376 e. The Bertz CT molecular complexity index is 255. The predicted octanol–water partition coefficient (Wildman–Crippen LogP) is 2.42. The van der Waals surface area contributed by atoms with Gasteiger partial charge in [0.15, 0.2) is 6.29 Å². The van der Waals surface area contributed by atoms with E-state index in [-0.39, 0.29) is 6.29 Å². The Morgan fingerprint density at radius 1 is 1.40 bits per heavy atom. The monoisotopic (exact) mass is 228 g/mol. The highest BCUT2D eigenvalue weighted by Crippen LogP contribution is 2.11. The zero-order valence-electron chi connectivity index (χ0n) is 8.69. The van der Waals surface area contributed by atoms with Crippen molar-refractivity contribution in [2.24, 2.45) is 0 Å². The van der Waals surface area contributed by atoms with E-state index in [1.165, 1.54) is 4.88 Å². The number of rotatable bonds is 5. The van der Waals surface area contributed by atoms with Crippen molar-refractivity contribution in [1.82, 2.24) is 0 Å². The van der Waals surface area contributed by atoms with Crippen molar-refractivity contribution in [3.05, 3.63) is 22.4 Å². The third-order valence-corrected chi connectivity index (χ3v) is 3.07. The van der Waals surface area contributed by atoms with Crippen LogP contribution in [0.5, 0.6) is 0 Å². The Balaban J connectivity index is 1.54. The highest BCUT2D eigenvalue weighted by molar-refractivity contribution is 7.09. The smallest absolute Gasteiger partial charge is 0.159 e. The van der Waals surface area contributed by atoms with Crippen molar-refractivity contribution < 1.29 is 14.2 Å². The van der Waals surface area contributed by atoms with Gasteiger partial charge < -0.3 is 14.2 Å². The van der Waals surface area contributed by atoms with Gasteiger partial charge in [0.1, 0.15) is 0 Å². The van der Waals surface area contributed by atoms with Crippen molar-refractivity contribution in [3.8, 4) is 0 Å². The number of hydrogen-bond donors (Lipinski definition) is 0. The minimum atomic E-state index is -0.0536. The van der Waals surface area contributed by atoms with Gasteiger partial charge in [0.2, 0.25) is 0 Å². The zero-order chi connectivity index (χ0) is 10.3. The molecule has 15 heavy (non-hydrogen) atoms. The third-order valence-electron chi connectivity index (χ3n) is 2.22. The summed E-state index contributed by atoms with van der Waals surface area (Å²) in [5.74, 6) is 0. The predicted molar refractivity (Wildman–Crippen MR) is 58.9 cm³/mol. The summed E-state index contributed by atoms with van der Waals surface area (Å²) < 4.78 is 16.4. The molecule has 0 radical (unpaired) electrons. The van der Waals surface area contributed by atoms with Crippen molar-refractivity contribution in [1.29, 1.82) is 0 Å². The van der Waals surface area contributed by atoms with E-state index >= 15 is 0 Å². The van der Waals surface area contributed by atoms with Gasteiger partial charge in [-0.25, -0.2) is 0 Å². The van der Waals surface area contributed by atoms with E-state index in [2.05, 4.69) is 11.4 Å². The number of thiophene rings is 1. The summed E-state index contributed by atoms with van der Waals surface area (Å²) in [6.45, 7) is 3.03. The summed E-state index contributed by atoms with van der Waals surface area (Å²) in [6, 6.07) is 4.12. The van der Waals surface area contributed by atoms with Crippen LogP contribution in [0.2, 0.25) is 0 Å². The SMILES string of the molecule is c1csc(COCCC2OCCCO2)c1. The zero-order valence-corrected chi connectivity index (χ0v) is 9.50. The summed E-state index contributed by atoms with van der Waals surface area (Å²) in [6.07, 6.45) is 1.78. The van der Waals surface area contributed by atoms with Crippen LogP contribution in [0, 0.1) is 0 Å². The highest BCUT2D eigenvalue weighted by atomic mass is 32.1. The molecule has 2 heterocycles. The lowest BCUT2D eigenvalue weighted by atomic mass is 10.4. The molecule has 0 spiro atoms. The van der Waals surface area contributed by atoms with Gasteiger partial charge in [-0.15, -0.1) is 11.3 Å². The molecule has 0 saturated carbocycles. The van der Waals surface area contributed by atoms with Crippen LogP contribution in [0.25, 0.3) is 0 Å². The highest BCUT2D eigenvalue weighted by Gasteiger charge is 2.13. The van der Waals surface area contributed by atoms with Crippen LogP contribution in [0.1, 0.15) is 17.7 Å². The molecule has 0 amide bonds. The molecule has 2 rings (SSSR count). The fourth-order valence-electron chi connectivity index (χ4n) is 1.45. The van der Waals surface area contributed by atoms with E-state index in [9.17, 15) is 0 Å². The van der Waals surface area contributed by atoms with Gasteiger partial charge in [0.25, 0.3) is 0 Å². The molecule has 1 fully saturated rings. The van der Waals surface area contributed by atoms with E-state index in [4.69, 9.17) is 14.2 Å². The lowest BCUT2D eigenvalue weighted by molar-refractivity contribution is -0.186. The number of ether oxygens (including phenoxy) is 3. The second kappa shape index (κ2) is 6.23. The second-order valence-electron chi connectivity index (χ2n) is 3.45. The molecular formula is C11H16O3S. The number of hydrogen-bond acceptors (Lipinski definition) is 4. The first-order valence-corrected chi connectivity index (χ1v) is 6.16. The topological polar surface area (TPSA) is 27.7 Å². The molecule has 0 aromatic carbocycles. The van der Waals surface area contributed by atoms with Gasteiger partial charge in [-0.3, -0.25) is 0 Å². The van der Waals surface area contributed by atoms with E-state index in [1.54, 1.807) is 11.3 Å². The van der Waals surface area contributed by atoms with Crippen molar-refractivity contribution in [2.75, 3.05) is 19.8 Å². The maximum Gasteiger partial charge on any atom is 0.159 e. The standard InChI is InChI=1S/C11H16O3S/c1-3-10(15-8-1)9-12-7-4-11-13-5-2-6-14-11/h1,3,8,11H,2,4-7,9H2. The fraction of sp³-hybridized carbons (Fsp3) is 0.636. The molecule has 3 nitrogen and oxygen atoms in total. The molecule has 1 aromatic rings. The molecule has 1 aliphatic heterocycles. The first kappa shape index (κ1) is 11.1. The van der Waals surface area contributed by atoms with Crippen LogP contribution in [-0.4, -0.2) is 26.1 Å². The average molecular weight is 228 g/mol. The molecule has 0 bridgehead atoms. The van der Waals surface area contributed by atoms with E-state index < -0.39 is 0 Å². The van der Waals surface area contributed by atoms with E-state index in [0.29, 0.717) is 13.2 Å². The van der Waals surface area contributed by atoms with Gasteiger partial charge in [-0.05, 0) is 17.9 Å². The summed E-state index contributed by atoms with van der Waals surface area (Å²) in [7, 11) is 0. The molecule has 84 valence electrons. The second-order valence-corrected chi connectivity index (χ2v) is 4.48. The Labute approximate surface area is 94.0 Å². The first-order valence-electron chi connectivity index (χ1n) is 5.28. The van der Waals surface area contributed by atoms with Crippen LogP contribution in [0.4, 0.5) is 0 Å². The van der Waals surface area contributed by atoms with Crippen LogP contribution in [-0.2, 0) is 20.8 Å². The Hall–Kier alpha value is -0.420. The van der Waals surface area contributed by atoms with Gasteiger partial charge in [-0.1, -0.05) is 6.07 Å². The van der Waals surface area contributed by atoms with E-state index in [0.717, 1.165) is 26.1 Å². The Morgan fingerprint density at radius 3 is 3.00 bits per heavy atom. The Morgan fingerprint density at radius 2 is 2.27 bits per heavy atom. The molecule has 1 saturated heterocycles. The maximum atomic E-state index is 5.53. The normalized spacial score (nSPS) is 18.1. The molecule has 0 aliphatic carbocycles. The van der Waals surface area contributed by atoms with Gasteiger partial charge in [0, 0.05) is 11.3 Å². The first-order chi connectivity index (χ1) is 7.45. The fourth-order valence-corrected chi connectivity index (χ4v) is 2.09. The molecule has 0 N–H and O–H groups in total. The van der Waals surface area contributed by atoms with E-state index in [1.807, 2.05) is 6.07 Å². The van der Waals surface area contributed by atoms with Gasteiger partial charge >= 0.3 is 0 Å². The largest absolute Gasteiger partial charge is 0.376 e. The average Bonchev–Trinajstić information content (AvgIpc) is 2.79. The van der Waals surface area contributed by atoms with Crippen molar-refractivity contribution in [2.45, 2.75) is 25.7 Å². The third kappa shape index (κ3) is 3.91. The quantitative estimate of drug-likeness (QED) is 0.724. The summed E-state index contributed by atoms with van der Waals surface area (Å²) in [5, 5.41) is 2.06. The molecule has 0 atom stereocenters. The minimum absolute atomic E-state index is 0.0536. The maximum absolute atomic E-state index is 5.53. The summed E-state index contributed by atoms with van der Waals surface area (Å²) >= 11 is 1.72. The van der Waals surface area contributed by atoms with Gasteiger partial charge in [0.05, 0.1) is 26.4 Å². The van der Waals surface area contributed by atoms with Gasteiger partial charge in [-0.2, -0.15) is 0 Å². The van der Waals surface area contributed by atoms with Crippen LogP contribution >= 0.6 is 11.3 Å². The molecule has 0 unspecified atom stereocenters. The van der Waals surface area contributed by atoms with Crippen LogP contribution in [0.15, 0.2) is 17.5 Å². The van der Waals surface area contributed by atoms with Crippen molar-refractivity contribution >= 4 is 11.3 Å². The summed E-state index contributed by atoms with van der Waals surface area (Å²) in [4.78, 5) is 1.26. The lowest BCUT2D eigenvalue weighted by Crippen LogP contribution is -2.26. The van der Waals surface area contributed by atoms with Crippen LogP contribution in [0.3, 0.4) is 0 Å². The van der Waals surface area contributed by atoms with Crippen LogP contribution < -0.4 is 0 Å². The lowest BCUT2D eigenvalue weighted by Gasteiger charge is -2.22. The summed E-state index contributed by atoms with van der Waals surface area (Å²) in [5.41, 5.74) is 0. The van der Waals surface area contributed by atoms with Crippen molar-refractivity contribution in [3.63, 3.8) is 0 Å². The molecule has 1 aromatic heterocycles. The molecule has 1 aliphatic rings. The molecular weight excluding hydrogens is 212 g/mol. The molecule has 4 heteroatoms. The Kier molecular flexibility index (Phi) is 4.60.